The molecule has 0 atom stereocenters. The van der Waals surface area contributed by atoms with Gasteiger partial charge in [0.15, 0.2) is 16.6 Å². The Kier molecular flexibility index (Phi) is 3.95. The summed E-state index contributed by atoms with van der Waals surface area (Å²) < 4.78 is 11.0. The highest BCUT2D eigenvalue weighted by molar-refractivity contribution is 7.15. The maximum absolute atomic E-state index is 6.19. The van der Waals surface area contributed by atoms with Crippen LogP contribution in [0.4, 0.5) is 5.13 Å². The number of benzene rings is 1. The molecule has 0 spiro atoms. The van der Waals surface area contributed by atoms with Gasteiger partial charge in [-0.25, -0.2) is 4.98 Å². The van der Waals surface area contributed by atoms with E-state index >= 15 is 0 Å². The summed E-state index contributed by atoms with van der Waals surface area (Å²) in [5, 5.41) is 4.50. The van der Waals surface area contributed by atoms with Crippen LogP contribution >= 0.6 is 22.9 Å². The molecule has 0 radical (unpaired) electrons. The van der Waals surface area contributed by atoms with Crippen LogP contribution in [0.2, 0.25) is 5.02 Å². The predicted molar refractivity (Wildman–Crippen MR) is 79.5 cm³/mol. The third-order valence-electron chi connectivity index (χ3n) is 2.86. The minimum atomic E-state index is 0.539. The van der Waals surface area contributed by atoms with Crippen molar-refractivity contribution in [2.24, 2.45) is 0 Å². The lowest BCUT2D eigenvalue weighted by Crippen LogP contribution is -2.17. The number of fused-ring (bicyclic) bond motifs is 1. The minimum absolute atomic E-state index is 0.539. The molecule has 3 N–H and O–H groups in total. The highest BCUT2D eigenvalue weighted by atomic mass is 35.5. The first-order valence-electron chi connectivity index (χ1n) is 6.21. The molecule has 1 aromatic carbocycles. The number of rotatable bonds is 4. The van der Waals surface area contributed by atoms with Gasteiger partial charge < -0.3 is 20.5 Å². The van der Waals surface area contributed by atoms with Gasteiger partial charge in [0.2, 0.25) is 0 Å². The lowest BCUT2D eigenvalue weighted by atomic mass is 10.2. The van der Waals surface area contributed by atoms with Crippen LogP contribution in [0.5, 0.6) is 11.5 Å². The molecule has 0 amide bonds. The van der Waals surface area contributed by atoms with Gasteiger partial charge in [0.25, 0.3) is 0 Å². The highest BCUT2D eigenvalue weighted by Gasteiger charge is 2.16. The van der Waals surface area contributed by atoms with E-state index in [2.05, 4.69) is 10.3 Å². The second-order valence-electron chi connectivity index (χ2n) is 4.37. The van der Waals surface area contributed by atoms with Crippen LogP contribution in [-0.4, -0.2) is 18.2 Å². The molecule has 7 heteroatoms. The molecule has 2 heterocycles. The molecule has 0 aliphatic carbocycles. The van der Waals surface area contributed by atoms with Gasteiger partial charge in [-0.3, -0.25) is 0 Å². The van der Waals surface area contributed by atoms with E-state index in [1.807, 2.05) is 12.1 Å². The molecule has 1 aliphatic heterocycles. The van der Waals surface area contributed by atoms with Gasteiger partial charge in [0.1, 0.15) is 13.2 Å². The normalized spacial score (nSPS) is 13.4. The Morgan fingerprint density at radius 1 is 1.30 bits per heavy atom. The predicted octanol–water partition coefficient (Wildman–Crippen LogP) is 2.44. The van der Waals surface area contributed by atoms with Crippen molar-refractivity contribution in [3.63, 3.8) is 0 Å². The zero-order valence-corrected chi connectivity index (χ0v) is 12.3. The summed E-state index contributed by atoms with van der Waals surface area (Å²) in [6, 6.07) is 3.84. The van der Waals surface area contributed by atoms with Crippen molar-refractivity contribution in [3.05, 3.63) is 33.8 Å². The second kappa shape index (κ2) is 5.87. The van der Waals surface area contributed by atoms with Gasteiger partial charge in [-0.1, -0.05) is 11.6 Å². The van der Waals surface area contributed by atoms with Crippen molar-refractivity contribution < 1.29 is 9.47 Å². The number of halogens is 1. The average molecular weight is 312 g/mol. The SMILES string of the molecule is Nc1ncc(CNCc2cc(Cl)c3c(c2)OCCO3)s1. The number of nitrogens with zero attached hydrogens (tertiary/aromatic N) is 1. The number of thiazole rings is 1. The molecule has 106 valence electrons. The number of nitrogens with two attached hydrogens (primary N) is 1. The van der Waals surface area contributed by atoms with Crippen LogP contribution in [0.25, 0.3) is 0 Å². The maximum Gasteiger partial charge on any atom is 0.180 e. The number of aromatic nitrogens is 1. The van der Waals surface area contributed by atoms with Crippen LogP contribution in [0.1, 0.15) is 10.4 Å². The quantitative estimate of drug-likeness (QED) is 0.907. The summed E-state index contributed by atoms with van der Waals surface area (Å²) in [5.41, 5.74) is 6.64. The van der Waals surface area contributed by atoms with Crippen molar-refractivity contribution in [2.45, 2.75) is 13.1 Å². The topological polar surface area (TPSA) is 69.4 Å². The van der Waals surface area contributed by atoms with Crippen LogP contribution < -0.4 is 20.5 Å². The Morgan fingerprint density at radius 2 is 2.15 bits per heavy atom. The second-order valence-corrected chi connectivity index (χ2v) is 5.92. The van der Waals surface area contributed by atoms with Gasteiger partial charge in [-0.15, -0.1) is 11.3 Å². The molecule has 5 nitrogen and oxygen atoms in total. The van der Waals surface area contributed by atoms with Crippen LogP contribution in [0.15, 0.2) is 18.3 Å². The van der Waals surface area contributed by atoms with Crippen LogP contribution in [0.3, 0.4) is 0 Å². The molecular formula is C13H14ClN3O2S. The molecule has 0 fully saturated rings. The number of ether oxygens (including phenoxy) is 2. The number of nitrogens with one attached hydrogen (secondary N) is 1. The highest BCUT2D eigenvalue weighted by Crippen LogP contribution is 2.38. The van der Waals surface area contributed by atoms with E-state index in [0.717, 1.165) is 17.0 Å². The van der Waals surface area contributed by atoms with Crippen molar-refractivity contribution in [1.29, 1.82) is 0 Å². The van der Waals surface area contributed by atoms with Gasteiger partial charge in [0.05, 0.1) is 5.02 Å². The smallest absolute Gasteiger partial charge is 0.180 e. The molecule has 0 saturated carbocycles. The molecule has 3 rings (SSSR count). The summed E-state index contributed by atoms with van der Waals surface area (Å²) in [4.78, 5) is 5.12. The van der Waals surface area contributed by atoms with Crippen molar-refractivity contribution >= 4 is 28.1 Å². The molecule has 0 saturated heterocycles. The fourth-order valence-electron chi connectivity index (χ4n) is 2.00. The molecule has 1 aliphatic rings. The van der Waals surface area contributed by atoms with Gasteiger partial charge in [-0.05, 0) is 17.7 Å². The van der Waals surface area contributed by atoms with E-state index in [1.54, 1.807) is 6.20 Å². The third kappa shape index (κ3) is 2.98. The number of anilines is 1. The maximum atomic E-state index is 6.19. The van der Waals surface area contributed by atoms with E-state index < -0.39 is 0 Å². The largest absolute Gasteiger partial charge is 0.486 e. The van der Waals surface area contributed by atoms with E-state index in [4.69, 9.17) is 26.8 Å². The van der Waals surface area contributed by atoms with Gasteiger partial charge in [-0.2, -0.15) is 0 Å². The monoisotopic (exact) mass is 311 g/mol. The van der Waals surface area contributed by atoms with Crippen LogP contribution in [0, 0.1) is 0 Å². The average Bonchev–Trinajstić information content (AvgIpc) is 2.85. The Balaban J connectivity index is 1.64. The summed E-state index contributed by atoms with van der Waals surface area (Å²) in [7, 11) is 0. The van der Waals surface area contributed by atoms with E-state index in [9.17, 15) is 0 Å². The molecule has 0 bridgehead atoms. The Hall–Kier alpha value is -1.50. The van der Waals surface area contributed by atoms with E-state index in [1.165, 1.54) is 11.3 Å². The first-order valence-corrected chi connectivity index (χ1v) is 7.41. The first kappa shape index (κ1) is 13.5. The molecule has 0 unspecified atom stereocenters. The lowest BCUT2D eigenvalue weighted by molar-refractivity contribution is 0.171. The van der Waals surface area contributed by atoms with E-state index in [0.29, 0.717) is 41.4 Å². The zero-order valence-electron chi connectivity index (χ0n) is 10.7. The number of nitrogen functional groups attached to an aromatic ring is 1. The molecule has 20 heavy (non-hydrogen) atoms. The zero-order chi connectivity index (χ0) is 13.9. The van der Waals surface area contributed by atoms with E-state index in [-0.39, 0.29) is 0 Å². The Bertz CT molecular complexity index is 618. The van der Waals surface area contributed by atoms with Gasteiger partial charge in [0, 0.05) is 24.2 Å². The summed E-state index contributed by atoms with van der Waals surface area (Å²) >= 11 is 7.67. The summed E-state index contributed by atoms with van der Waals surface area (Å²) in [6.45, 7) is 2.51. The first-order chi connectivity index (χ1) is 9.72. The summed E-state index contributed by atoms with van der Waals surface area (Å²) in [5.74, 6) is 1.35. The van der Waals surface area contributed by atoms with Crippen molar-refractivity contribution in [2.75, 3.05) is 18.9 Å². The van der Waals surface area contributed by atoms with Crippen LogP contribution in [-0.2, 0) is 13.1 Å². The van der Waals surface area contributed by atoms with Crippen molar-refractivity contribution in [3.8, 4) is 11.5 Å². The summed E-state index contributed by atoms with van der Waals surface area (Å²) in [6.07, 6.45) is 1.78. The fraction of sp³-hybridized carbons (Fsp3) is 0.308. The standard InChI is InChI=1S/C13H14ClN3O2S/c14-10-3-8(4-11-12(10)19-2-1-18-11)5-16-6-9-7-17-13(15)20-9/h3-4,7,16H,1-2,5-6H2,(H2,15,17). The number of hydrogen-bond donors (Lipinski definition) is 2. The molecule has 1 aromatic heterocycles. The Morgan fingerprint density at radius 3 is 2.95 bits per heavy atom. The lowest BCUT2D eigenvalue weighted by Gasteiger charge is -2.20. The fourth-order valence-corrected chi connectivity index (χ4v) is 2.94. The molecular weight excluding hydrogens is 298 g/mol. The molecule has 2 aromatic rings. The minimum Gasteiger partial charge on any atom is -0.486 e. The third-order valence-corrected chi connectivity index (χ3v) is 3.96. The van der Waals surface area contributed by atoms with Gasteiger partial charge >= 0.3 is 0 Å². The van der Waals surface area contributed by atoms with Crippen molar-refractivity contribution in [1.82, 2.24) is 10.3 Å². The Labute approximate surface area is 125 Å². The number of hydrogen-bond acceptors (Lipinski definition) is 6.